The Labute approximate surface area is 208 Å². The lowest BCUT2D eigenvalue weighted by molar-refractivity contribution is -0.146. The zero-order valence-corrected chi connectivity index (χ0v) is 21.2. The molecule has 0 atom stereocenters. The van der Waals surface area contributed by atoms with Gasteiger partial charge < -0.3 is 19.9 Å². The number of carbonyl (C=O) groups is 1. The Hall–Kier alpha value is -2.29. The molecule has 2 aliphatic heterocycles. The molecular formula is C25H33IN4O2. The second-order valence-corrected chi connectivity index (χ2v) is 8.30. The lowest BCUT2D eigenvalue weighted by Gasteiger charge is -2.33. The maximum Gasteiger partial charge on any atom is 0.308 e. The molecule has 1 saturated heterocycles. The van der Waals surface area contributed by atoms with E-state index in [2.05, 4.69) is 68.6 Å². The maximum absolute atomic E-state index is 11.7. The molecule has 0 aromatic heterocycles. The Balaban J connectivity index is 0.00000289. The quantitative estimate of drug-likeness (QED) is 0.267. The van der Waals surface area contributed by atoms with Gasteiger partial charge in [-0.3, -0.25) is 9.79 Å². The van der Waals surface area contributed by atoms with E-state index in [0.717, 1.165) is 57.9 Å². The molecule has 172 valence electrons. The van der Waals surface area contributed by atoms with Gasteiger partial charge >= 0.3 is 5.97 Å². The SMILES string of the molecule is CN=C(NCc1ccc(CN2CCc3ccccc32)cc1)N1CCC(C(=O)OC)CC1.I. The van der Waals surface area contributed by atoms with Crippen molar-refractivity contribution in [1.82, 2.24) is 10.2 Å². The van der Waals surface area contributed by atoms with Gasteiger partial charge in [0, 0.05) is 45.5 Å². The van der Waals surface area contributed by atoms with Crippen LogP contribution in [0.1, 0.15) is 29.5 Å². The summed E-state index contributed by atoms with van der Waals surface area (Å²) in [5.74, 6) is 0.802. The highest BCUT2D eigenvalue weighted by Gasteiger charge is 2.27. The number of guanidine groups is 1. The van der Waals surface area contributed by atoms with Gasteiger partial charge in [-0.25, -0.2) is 0 Å². The highest BCUT2D eigenvalue weighted by molar-refractivity contribution is 14.0. The van der Waals surface area contributed by atoms with Crippen molar-refractivity contribution < 1.29 is 9.53 Å². The van der Waals surface area contributed by atoms with Crippen LogP contribution in [0.4, 0.5) is 5.69 Å². The summed E-state index contributed by atoms with van der Waals surface area (Å²) in [6.45, 7) is 4.40. The number of fused-ring (bicyclic) bond motifs is 1. The number of para-hydroxylation sites is 1. The third-order valence-corrected chi connectivity index (χ3v) is 6.37. The van der Waals surface area contributed by atoms with Crippen LogP contribution in [0.3, 0.4) is 0 Å². The molecule has 32 heavy (non-hydrogen) atoms. The first kappa shape index (κ1) is 24.4. The van der Waals surface area contributed by atoms with Crippen LogP contribution in [0.2, 0.25) is 0 Å². The van der Waals surface area contributed by atoms with E-state index < -0.39 is 0 Å². The van der Waals surface area contributed by atoms with Crippen LogP contribution in [0, 0.1) is 5.92 Å². The largest absolute Gasteiger partial charge is 0.469 e. The number of piperidine rings is 1. The van der Waals surface area contributed by atoms with Crippen LogP contribution < -0.4 is 10.2 Å². The number of hydrogen-bond acceptors (Lipinski definition) is 4. The third kappa shape index (κ3) is 5.74. The van der Waals surface area contributed by atoms with Gasteiger partial charge in [-0.05, 0) is 42.0 Å². The number of likely N-dealkylation sites (tertiary alicyclic amines) is 1. The van der Waals surface area contributed by atoms with Crippen molar-refractivity contribution in [1.29, 1.82) is 0 Å². The molecular weight excluding hydrogens is 515 g/mol. The number of aliphatic imine (C=N–C) groups is 1. The van der Waals surface area contributed by atoms with E-state index in [1.54, 1.807) is 0 Å². The first-order chi connectivity index (χ1) is 15.2. The van der Waals surface area contributed by atoms with Gasteiger partial charge in [-0.2, -0.15) is 0 Å². The smallest absolute Gasteiger partial charge is 0.308 e. The minimum atomic E-state index is -0.0971. The van der Waals surface area contributed by atoms with E-state index in [1.165, 1.54) is 29.5 Å². The van der Waals surface area contributed by atoms with Gasteiger partial charge in [0.25, 0.3) is 0 Å². The topological polar surface area (TPSA) is 57.2 Å². The van der Waals surface area contributed by atoms with Crippen LogP contribution >= 0.6 is 24.0 Å². The summed E-state index contributed by atoms with van der Waals surface area (Å²) in [5.41, 5.74) is 5.38. The Morgan fingerprint density at radius 1 is 1.06 bits per heavy atom. The highest BCUT2D eigenvalue weighted by atomic mass is 127. The summed E-state index contributed by atoms with van der Waals surface area (Å²) in [5, 5.41) is 3.47. The number of anilines is 1. The van der Waals surface area contributed by atoms with Gasteiger partial charge in [0.05, 0.1) is 13.0 Å². The van der Waals surface area contributed by atoms with Crippen molar-refractivity contribution in [3.05, 3.63) is 65.2 Å². The van der Waals surface area contributed by atoms with Crippen LogP contribution in [0.25, 0.3) is 0 Å². The van der Waals surface area contributed by atoms with E-state index in [1.807, 2.05) is 7.05 Å². The summed E-state index contributed by atoms with van der Waals surface area (Å²) < 4.78 is 4.88. The molecule has 0 radical (unpaired) electrons. The van der Waals surface area contributed by atoms with Crippen molar-refractivity contribution in [2.75, 3.05) is 38.7 Å². The predicted molar refractivity (Wildman–Crippen MR) is 140 cm³/mol. The Morgan fingerprint density at radius 2 is 1.75 bits per heavy atom. The summed E-state index contributed by atoms with van der Waals surface area (Å²) in [4.78, 5) is 20.8. The fourth-order valence-corrected chi connectivity index (χ4v) is 4.56. The molecule has 2 aromatic carbocycles. The Kier molecular flexibility index (Phi) is 8.78. The number of hydrogen-bond donors (Lipinski definition) is 1. The Bertz CT molecular complexity index is 924. The van der Waals surface area contributed by atoms with Gasteiger partial charge in [0.1, 0.15) is 0 Å². The molecule has 0 amide bonds. The van der Waals surface area contributed by atoms with Crippen LogP contribution in [0.15, 0.2) is 53.5 Å². The zero-order chi connectivity index (χ0) is 21.6. The molecule has 2 aliphatic rings. The fourth-order valence-electron chi connectivity index (χ4n) is 4.56. The lowest BCUT2D eigenvalue weighted by atomic mass is 9.97. The number of carbonyl (C=O) groups excluding carboxylic acids is 1. The molecule has 0 aliphatic carbocycles. The molecule has 0 saturated carbocycles. The van der Waals surface area contributed by atoms with Crippen molar-refractivity contribution in [2.24, 2.45) is 10.9 Å². The molecule has 7 heteroatoms. The van der Waals surface area contributed by atoms with Crippen LogP contribution in [0.5, 0.6) is 0 Å². The number of halogens is 1. The van der Waals surface area contributed by atoms with Gasteiger partial charge in [-0.1, -0.05) is 42.5 Å². The average molecular weight is 548 g/mol. The number of ether oxygens (including phenoxy) is 1. The fraction of sp³-hybridized carbons (Fsp3) is 0.440. The minimum absolute atomic E-state index is 0. The number of rotatable bonds is 5. The standard InChI is InChI=1S/C25H32N4O2.HI/c1-26-25(28-14-12-22(13-15-28)24(30)31-2)27-17-19-7-9-20(10-8-19)18-29-16-11-21-5-3-4-6-23(21)29;/h3-10,22H,11-18H2,1-2H3,(H,26,27);1H. The molecule has 1 fully saturated rings. The van der Waals surface area contributed by atoms with Gasteiger partial charge in [0.2, 0.25) is 0 Å². The summed E-state index contributed by atoms with van der Waals surface area (Å²) in [6.07, 6.45) is 2.75. The summed E-state index contributed by atoms with van der Waals surface area (Å²) >= 11 is 0. The number of nitrogens with one attached hydrogen (secondary N) is 1. The number of methoxy groups -OCH3 is 1. The predicted octanol–water partition coefficient (Wildman–Crippen LogP) is 3.83. The van der Waals surface area contributed by atoms with E-state index in [9.17, 15) is 4.79 Å². The normalized spacial score (nSPS) is 16.4. The van der Waals surface area contributed by atoms with Crippen molar-refractivity contribution in [3.8, 4) is 0 Å². The van der Waals surface area contributed by atoms with E-state index in [-0.39, 0.29) is 35.9 Å². The summed E-state index contributed by atoms with van der Waals surface area (Å²) in [6, 6.07) is 17.5. The molecule has 2 aromatic rings. The number of nitrogens with zero attached hydrogens (tertiary/aromatic N) is 3. The Morgan fingerprint density at radius 3 is 2.44 bits per heavy atom. The monoisotopic (exact) mass is 548 g/mol. The molecule has 1 N–H and O–H groups in total. The molecule has 0 spiro atoms. The van der Waals surface area contributed by atoms with Gasteiger partial charge in [0.15, 0.2) is 5.96 Å². The second-order valence-electron chi connectivity index (χ2n) is 8.30. The van der Waals surface area contributed by atoms with Gasteiger partial charge in [-0.15, -0.1) is 24.0 Å². The molecule has 0 unspecified atom stereocenters. The average Bonchev–Trinajstić information content (AvgIpc) is 3.23. The van der Waals surface area contributed by atoms with E-state index in [0.29, 0.717) is 0 Å². The zero-order valence-electron chi connectivity index (χ0n) is 18.9. The van der Waals surface area contributed by atoms with Crippen molar-refractivity contribution >= 4 is 41.6 Å². The maximum atomic E-state index is 11.7. The van der Waals surface area contributed by atoms with Crippen molar-refractivity contribution in [3.63, 3.8) is 0 Å². The molecule has 4 rings (SSSR count). The summed E-state index contributed by atoms with van der Waals surface area (Å²) in [7, 11) is 3.27. The highest BCUT2D eigenvalue weighted by Crippen LogP contribution is 2.28. The molecule has 2 heterocycles. The second kappa shape index (κ2) is 11.5. The third-order valence-electron chi connectivity index (χ3n) is 6.37. The molecule has 6 nitrogen and oxygen atoms in total. The van der Waals surface area contributed by atoms with Crippen molar-refractivity contribution in [2.45, 2.75) is 32.4 Å². The number of benzene rings is 2. The first-order valence-corrected chi connectivity index (χ1v) is 11.1. The first-order valence-electron chi connectivity index (χ1n) is 11.1. The van der Waals surface area contributed by atoms with Crippen LogP contribution in [-0.2, 0) is 29.0 Å². The van der Waals surface area contributed by atoms with E-state index in [4.69, 9.17) is 4.74 Å². The van der Waals surface area contributed by atoms with E-state index >= 15 is 0 Å². The van der Waals surface area contributed by atoms with Crippen LogP contribution in [-0.4, -0.2) is 50.6 Å². The molecule has 0 bridgehead atoms. The number of esters is 1. The lowest BCUT2D eigenvalue weighted by Crippen LogP contribution is -2.46. The minimum Gasteiger partial charge on any atom is -0.469 e.